The Morgan fingerprint density at radius 1 is 1.12 bits per heavy atom. The van der Waals surface area contributed by atoms with E-state index in [1.165, 1.54) is 0 Å². The van der Waals surface area contributed by atoms with Crippen LogP contribution in [0.15, 0.2) is 54.6 Å². The van der Waals surface area contributed by atoms with Gasteiger partial charge in [0.05, 0.1) is 21.7 Å². The Labute approximate surface area is 198 Å². The highest BCUT2D eigenvalue weighted by Gasteiger charge is 2.23. The number of nitrogens with zero attached hydrogens (tertiary/aromatic N) is 3. The molecule has 1 radical (unpaired) electrons. The molecule has 1 heterocycles. The predicted molar refractivity (Wildman–Crippen MR) is 130 cm³/mol. The molecular formula is C26H24Cl2N3O. The molecule has 4 nitrogen and oxygen atoms in total. The van der Waals surface area contributed by atoms with Crippen LogP contribution in [-0.2, 0) is 0 Å². The van der Waals surface area contributed by atoms with E-state index in [0.717, 1.165) is 42.4 Å². The highest BCUT2D eigenvalue weighted by atomic mass is 35.5. The number of amides is 1. The van der Waals surface area contributed by atoms with Crippen LogP contribution in [0.25, 0.3) is 10.8 Å². The maximum absolute atomic E-state index is 13.5. The summed E-state index contributed by atoms with van der Waals surface area (Å²) in [5.41, 5.74) is 2.10. The number of halogens is 2. The van der Waals surface area contributed by atoms with E-state index in [1.807, 2.05) is 55.6 Å². The molecule has 0 unspecified atom stereocenters. The number of rotatable bonds is 7. The number of hydrogen-bond donors (Lipinski definition) is 0. The zero-order valence-corrected chi connectivity index (χ0v) is 19.4. The zero-order valence-electron chi connectivity index (χ0n) is 17.9. The van der Waals surface area contributed by atoms with Crippen LogP contribution in [-0.4, -0.2) is 48.9 Å². The van der Waals surface area contributed by atoms with Gasteiger partial charge in [-0.1, -0.05) is 53.5 Å². The fraction of sp³-hybridized carbons (Fsp3) is 0.269. The van der Waals surface area contributed by atoms with E-state index in [9.17, 15) is 10.1 Å². The maximum atomic E-state index is 13.5. The Morgan fingerprint density at radius 2 is 1.91 bits per heavy atom. The third kappa shape index (κ3) is 4.91. The number of fused-ring (bicyclic) bond motifs is 1. The molecule has 1 fully saturated rings. The number of hydrogen-bond acceptors (Lipinski definition) is 3. The first-order valence-electron chi connectivity index (χ1n) is 10.6. The van der Waals surface area contributed by atoms with Crippen LogP contribution in [0.3, 0.4) is 0 Å². The Bertz CT molecular complexity index is 1180. The molecule has 6 heteroatoms. The van der Waals surface area contributed by atoms with Crippen LogP contribution in [0.4, 0.5) is 0 Å². The molecule has 1 saturated heterocycles. The summed E-state index contributed by atoms with van der Waals surface area (Å²) in [7, 11) is 1.82. The van der Waals surface area contributed by atoms with Crippen molar-refractivity contribution in [3.05, 3.63) is 87.8 Å². The largest absolute Gasteiger partial charge is 0.341 e. The maximum Gasteiger partial charge on any atom is 0.254 e. The number of carbonyl (C=O) groups excluding carboxylic acids is 1. The summed E-state index contributed by atoms with van der Waals surface area (Å²) in [6, 6.07) is 19.1. The summed E-state index contributed by atoms with van der Waals surface area (Å²) >= 11 is 12.4. The minimum Gasteiger partial charge on any atom is -0.341 e. The van der Waals surface area contributed by atoms with Crippen molar-refractivity contribution in [3.63, 3.8) is 0 Å². The third-order valence-electron chi connectivity index (χ3n) is 6.05. The lowest BCUT2D eigenvalue weighted by Crippen LogP contribution is -2.40. The molecule has 32 heavy (non-hydrogen) atoms. The van der Waals surface area contributed by atoms with Crippen molar-refractivity contribution >= 4 is 39.9 Å². The summed E-state index contributed by atoms with van der Waals surface area (Å²) in [5, 5.41) is 12.2. The lowest BCUT2D eigenvalue weighted by Gasteiger charge is -2.33. The van der Waals surface area contributed by atoms with Crippen LogP contribution < -0.4 is 0 Å². The molecule has 0 aromatic heterocycles. The van der Waals surface area contributed by atoms with E-state index in [4.69, 9.17) is 23.2 Å². The van der Waals surface area contributed by atoms with Crippen molar-refractivity contribution < 1.29 is 4.79 Å². The summed E-state index contributed by atoms with van der Waals surface area (Å²) in [5.74, 6) is 0.0189. The fourth-order valence-electron chi connectivity index (χ4n) is 4.13. The molecule has 1 aliphatic heterocycles. The van der Waals surface area contributed by atoms with Gasteiger partial charge in [-0.3, -0.25) is 4.79 Å². The van der Waals surface area contributed by atoms with E-state index in [0.29, 0.717) is 27.7 Å². The topological polar surface area (TPSA) is 47.3 Å². The minimum absolute atomic E-state index is 0.0966. The molecule has 3 aromatic carbocycles. The molecule has 0 saturated carbocycles. The van der Waals surface area contributed by atoms with Gasteiger partial charge in [0.2, 0.25) is 0 Å². The van der Waals surface area contributed by atoms with Gasteiger partial charge >= 0.3 is 0 Å². The van der Waals surface area contributed by atoms with Gasteiger partial charge in [-0.2, -0.15) is 5.26 Å². The molecule has 1 amide bonds. The second-order valence-corrected chi connectivity index (χ2v) is 9.06. The second-order valence-electron chi connectivity index (χ2n) is 8.25. The first-order chi connectivity index (χ1) is 15.5. The Kier molecular flexibility index (Phi) is 7.01. The van der Waals surface area contributed by atoms with Crippen LogP contribution in [0, 0.1) is 17.8 Å². The number of likely N-dealkylation sites (tertiary alicyclic amines) is 1. The molecule has 0 spiro atoms. The number of nitriles is 1. The highest BCUT2D eigenvalue weighted by Crippen LogP contribution is 2.30. The molecular weight excluding hydrogens is 441 g/mol. The van der Waals surface area contributed by atoms with Crippen molar-refractivity contribution in [3.8, 4) is 6.07 Å². The summed E-state index contributed by atoms with van der Waals surface area (Å²) in [4.78, 5) is 17.6. The first kappa shape index (κ1) is 22.6. The standard InChI is InChI=1S/C26H24Cl2N3O/c1-30(26(32)23-14-18(16-29)13-20-5-2-3-6-22(20)23)17-21(9-12-31-10-4-11-31)19-7-8-24(27)25(28)15-19/h2-8,13-15,21H,9-12,17H2,1H3/t21-/m1/s1. The summed E-state index contributed by atoms with van der Waals surface area (Å²) in [6.07, 6.45) is 3.15. The van der Waals surface area contributed by atoms with Crippen LogP contribution >= 0.6 is 23.2 Å². The van der Waals surface area contributed by atoms with Crippen LogP contribution in [0.1, 0.15) is 33.8 Å². The minimum atomic E-state index is -0.0966. The Balaban J connectivity index is 1.60. The van der Waals surface area contributed by atoms with Gasteiger partial charge in [-0.25, -0.2) is 0 Å². The van der Waals surface area contributed by atoms with Gasteiger partial charge in [0.15, 0.2) is 0 Å². The van der Waals surface area contributed by atoms with Gasteiger partial charge in [-0.15, -0.1) is 0 Å². The molecule has 4 rings (SSSR count). The highest BCUT2D eigenvalue weighted by molar-refractivity contribution is 6.42. The molecule has 1 atom stereocenters. The lowest BCUT2D eigenvalue weighted by molar-refractivity contribution is 0.0784. The Hall–Kier alpha value is -2.58. The van der Waals surface area contributed by atoms with Crippen molar-refractivity contribution in [1.82, 2.24) is 9.80 Å². The zero-order chi connectivity index (χ0) is 22.7. The average molecular weight is 465 g/mol. The van der Waals surface area contributed by atoms with Crippen LogP contribution in [0.5, 0.6) is 0 Å². The average Bonchev–Trinajstić information content (AvgIpc) is 2.77. The van der Waals surface area contributed by atoms with Gasteiger partial charge in [0, 0.05) is 38.2 Å². The van der Waals surface area contributed by atoms with Gasteiger partial charge in [0.25, 0.3) is 5.91 Å². The van der Waals surface area contributed by atoms with Crippen molar-refractivity contribution in [2.75, 3.05) is 33.2 Å². The summed E-state index contributed by atoms with van der Waals surface area (Å²) in [6.45, 7) is 3.52. The van der Waals surface area contributed by atoms with Gasteiger partial charge in [0.1, 0.15) is 0 Å². The Morgan fingerprint density at radius 3 is 2.59 bits per heavy atom. The van der Waals surface area contributed by atoms with Crippen LogP contribution in [0.2, 0.25) is 10.0 Å². The van der Waals surface area contributed by atoms with Crippen molar-refractivity contribution in [2.24, 2.45) is 0 Å². The van der Waals surface area contributed by atoms with Gasteiger partial charge in [-0.05, 0) is 60.0 Å². The molecule has 1 aliphatic rings. The quantitative estimate of drug-likeness (QED) is 0.444. The van der Waals surface area contributed by atoms with Crippen molar-refractivity contribution in [1.29, 1.82) is 5.26 Å². The molecule has 0 bridgehead atoms. The normalized spacial score (nSPS) is 14.6. The first-order valence-corrected chi connectivity index (χ1v) is 11.4. The third-order valence-corrected chi connectivity index (χ3v) is 6.78. The molecule has 0 aliphatic carbocycles. The monoisotopic (exact) mass is 464 g/mol. The van der Waals surface area contributed by atoms with E-state index < -0.39 is 0 Å². The van der Waals surface area contributed by atoms with E-state index in [1.54, 1.807) is 11.0 Å². The number of likely N-dealkylation sites (N-methyl/N-ethyl adjacent to an activating group) is 1. The molecule has 3 aromatic rings. The van der Waals surface area contributed by atoms with Gasteiger partial charge < -0.3 is 9.80 Å². The molecule has 0 N–H and O–H groups in total. The number of carbonyl (C=O) groups is 1. The number of benzene rings is 3. The smallest absolute Gasteiger partial charge is 0.254 e. The summed E-state index contributed by atoms with van der Waals surface area (Å²) < 4.78 is 0. The SMILES string of the molecule is CN(C[C@@H](CCN1C[CH]C1)c1ccc(Cl)c(Cl)c1)C(=O)c1cc(C#N)cc2ccccc12. The van der Waals surface area contributed by atoms with Crippen molar-refractivity contribution in [2.45, 2.75) is 12.3 Å². The van der Waals surface area contributed by atoms with E-state index in [-0.39, 0.29) is 11.8 Å². The van der Waals surface area contributed by atoms with E-state index >= 15 is 0 Å². The fourth-order valence-corrected chi connectivity index (χ4v) is 4.44. The molecule has 163 valence electrons. The predicted octanol–water partition coefficient (Wildman–Crippen LogP) is 5.78. The van der Waals surface area contributed by atoms with E-state index in [2.05, 4.69) is 17.4 Å². The lowest BCUT2D eigenvalue weighted by atomic mass is 9.93. The second kappa shape index (κ2) is 9.92.